The third kappa shape index (κ3) is 14.0. The standard InChI is InChI=1S/C28H34N2.C18H33P.2CO.2ClH.Ru/c1-19-14-21(3)26(25-10-8-7-9-11-25)28(24(6)17-19)30-13-12-29(18-30)27-22(4)15-20(2)16-23(27)5;1-4-10-16(11-5-1)19(17-12-6-2-7-13-17)18-14-8-3-9-15-18;2*1-2;;;/h7-11,14-17,26H,12-13,18H2,1-6H3;16-18H,1-15H2;;;2*1H;/q;;;;;;+2/p-2. The van der Waals surface area contributed by atoms with Crippen molar-refractivity contribution in [2.24, 2.45) is 0 Å². The Morgan fingerprint density at radius 2 is 1.05 bits per heavy atom. The van der Waals surface area contributed by atoms with Gasteiger partial charge in [-0.15, -0.1) is 0 Å². The van der Waals surface area contributed by atoms with Gasteiger partial charge in [-0.3, -0.25) is 0 Å². The fraction of sp³-hybridized carbons (Fsp3) is 0.583. The Bertz CT molecular complexity index is 1530. The molecule has 0 radical (unpaired) electrons. The van der Waals surface area contributed by atoms with Gasteiger partial charge in [-0.1, -0.05) is 137 Å². The fourth-order valence-corrected chi connectivity index (χ4v) is 15.2. The molecule has 7 rings (SSSR count). The molecule has 8 heteroatoms. The van der Waals surface area contributed by atoms with Crippen molar-refractivity contribution in [1.29, 1.82) is 0 Å². The van der Waals surface area contributed by atoms with Crippen LogP contribution in [0.2, 0.25) is 0 Å². The summed E-state index contributed by atoms with van der Waals surface area (Å²) in [4.78, 5) is 5.17. The first-order valence-corrected chi connectivity index (χ1v) is 27.0. The van der Waals surface area contributed by atoms with E-state index in [1.165, 1.54) is 86.6 Å². The van der Waals surface area contributed by atoms with Crippen LogP contribution in [0.15, 0.2) is 77.0 Å². The number of hydrogen-bond acceptors (Lipinski definition) is 2. The number of benzene rings is 2. The Hall–Kier alpha value is -1.63. The van der Waals surface area contributed by atoms with Crippen LogP contribution in [0.1, 0.15) is 145 Å². The van der Waals surface area contributed by atoms with Gasteiger partial charge in [-0.2, -0.15) is 0 Å². The molecule has 0 amide bonds. The minimum absolute atomic E-state index is 0.306. The average molecular weight is 907 g/mol. The van der Waals surface area contributed by atoms with Crippen molar-refractivity contribution < 1.29 is 24.4 Å². The molecule has 1 heterocycles. The van der Waals surface area contributed by atoms with Gasteiger partial charge in [0.1, 0.15) is 0 Å². The molecule has 5 aliphatic rings. The van der Waals surface area contributed by atoms with Crippen molar-refractivity contribution in [3.05, 3.63) is 113 Å². The molecule has 1 atom stereocenters. The molecule has 308 valence electrons. The predicted molar refractivity (Wildman–Crippen MR) is 236 cm³/mol. The number of rotatable bonds is 6. The third-order valence-electron chi connectivity index (χ3n) is 12.4. The van der Waals surface area contributed by atoms with E-state index in [0.717, 1.165) is 19.8 Å². The Morgan fingerprint density at radius 3 is 1.50 bits per heavy atom. The molecular formula is C48H67Cl2N2O2PRu. The molecule has 56 heavy (non-hydrogen) atoms. The van der Waals surface area contributed by atoms with Crippen molar-refractivity contribution in [2.45, 2.75) is 161 Å². The fourth-order valence-electron chi connectivity index (χ4n) is 10.5. The zero-order valence-electron chi connectivity index (χ0n) is 35.0. The minimum atomic E-state index is -0.346. The van der Waals surface area contributed by atoms with Crippen LogP contribution in [-0.4, -0.2) is 41.6 Å². The Morgan fingerprint density at radius 1 is 0.625 bits per heavy atom. The molecule has 0 N–H and O–H groups in total. The second-order valence-corrected chi connectivity index (χ2v) is 22.2. The molecule has 4 aliphatic carbocycles. The quantitative estimate of drug-likeness (QED) is 0.125. The van der Waals surface area contributed by atoms with Crippen LogP contribution in [0.4, 0.5) is 5.69 Å². The van der Waals surface area contributed by atoms with Crippen molar-refractivity contribution in [3.8, 4) is 0 Å². The van der Waals surface area contributed by atoms with Crippen LogP contribution in [0.5, 0.6) is 0 Å². The number of nitrogens with zero attached hydrogens (tertiary/aromatic N) is 2. The van der Waals surface area contributed by atoms with E-state index in [1.807, 2.05) is 0 Å². The first-order valence-electron chi connectivity index (χ1n) is 20.9. The van der Waals surface area contributed by atoms with Crippen molar-refractivity contribution in [3.63, 3.8) is 0 Å². The molecule has 0 bridgehead atoms. The summed E-state index contributed by atoms with van der Waals surface area (Å²) in [5.41, 5.74) is 16.1. The Kier molecular flexibility index (Phi) is 23.0. The van der Waals surface area contributed by atoms with E-state index >= 15 is 0 Å². The van der Waals surface area contributed by atoms with Gasteiger partial charge in [-0.05, 0) is 119 Å². The summed E-state index contributed by atoms with van der Waals surface area (Å²) < 4.78 is 15.0. The molecular weight excluding hydrogens is 839 g/mol. The number of halogens is 2. The van der Waals surface area contributed by atoms with Crippen molar-refractivity contribution in [2.75, 3.05) is 24.7 Å². The van der Waals surface area contributed by atoms with Crippen LogP contribution in [-0.2, 0) is 24.4 Å². The monoisotopic (exact) mass is 906 g/mol. The van der Waals surface area contributed by atoms with Gasteiger partial charge in [0.25, 0.3) is 0 Å². The van der Waals surface area contributed by atoms with E-state index in [-0.39, 0.29) is 15.1 Å². The molecule has 4 nitrogen and oxygen atoms in total. The summed E-state index contributed by atoms with van der Waals surface area (Å²) in [7, 11) is 10.1. The van der Waals surface area contributed by atoms with Gasteiger partial charge in [0.05, 0.1) is 6.67 Å². The normalized spacial score (nSPS) is 20.8. The summed E-state index contributed by atoms with van der Waals surface area (Å²) in [6.07, 6.45) is 28.3. The van der Waals surface area contributed by atoms with Gasteiger partial charge < -0.3 is 9.80 Å². The number of anilines is 1. The molecule has 1 aliphatic heterocycles. The van der Waals surface area contributed by atoms with Crippen molar-refractivity contribution in [1.82, 2.24) is 4.90 Å². The molecule has 0 spiro atoms. The topological polar surface area (TPSA) is 46.3 Å². The number of allylic oxidation sites excluding steroid dienone is 5. The van der Waals surface area contributed by atoms with Crippen LogP contribution in [0.3, 0.4) is 0 Å². The van der Waals surface area contributed by atoms with Gasteiger partial charge in [-0.25, -0.2) is 0 Å². The zero-order chi connectivity index (χ0) is 41.0. The summed E-state index contributed by atoms with van der Waals surface area (Å²) >= 11 is -0.346. The Labute approximate surface area is 358 Å². The first kappa shape index (κ1) is 48.7. The third-order valence-corrected chi connectivity index (χ3v) is 16.5. The number of hydrogen-bond donors (Lipinski definition) is 0. The van der Waals surface area contributed by atoms with Gasteiger partial charge in [0.2, 0.25) is 0 Å². The van der Waals surface area contributed by atoms with Crippen LogP contribution in [0, 0.1) is 34.1 Å². The molecule has 3 saturated carbocycles. The van der Waals surface area contributed by atoms with Crippen LogP contribution >= 0.6 is 27.3 Å². The molecule has 0 aromatic heterocycles. The summed E-state index contributed by atoms with van der Waals surface area (Å²) in [6, 6.07) is 15.6. The zero-order valence-corrected chi connectivity index (χ0v) is 39.1. The second-order valence-electron chi connectivity index (χ2n) is 16.5. The average Bonchev–Trinajstić information content (AvgIpc) is 3.65. The predicted octanol–water partition coefficient (Wildman–Crippen LogP) is 14.4. The SMILES string of the molecule is C1CCC(P(C2CCCCC2)C2CCCCC2)CC1.CC1=CC(C)=C(N2CCN(c3c(C)cc(C)cc3C)C2)C(c2ccccc2)C(C)=C1.[C-]#[O+].[C-]#[O+].[Cl][Ru][Cl]. The molecule has 1 saturated heterocycles. The van der Waals surface area contributed by atoms with E-state index in [0.29, 0.717) is 13.8 Å². The molecule has 4 fully saturated rings. The maximum atomic E-state index is 7.50. The first-order chi connectivity index (χ1) is 27.2. The summed E-state index contributed by atoms with van der Waals surface area (Å²) in [6.45, 7) is 25.5. The van der Waals surface area contributed by atoms with E-state index in [9.17, 15) is 0 Å². The summed E-state index contributed by atoms with van der Waals surface area (Å²) in [5, 5.41) is 0. The van der Waals surface area contributed by atoms with E-state index in [4.69, 9.17) is 28.7 Å². The van der Waals surface area contributed by atoms with E-state index in [1.54, 1.807) is 77.0 Å². The van der Waals surface area contributed by atoms with Crippen LogP contribution < -0.4 is 4.90 Å². The van der Waals surface area contributed by atoms with E-state index in [2.05, 4.69) is 119 Å². The van der Waals surface area contributed by atoms with Gasteiger partial charge in [0.15, 0.2) is 0 Å². The molecule has 1 unspecified atom stereocenters. The Balaban J connectivity index is 0.000000277. The summed E-state index contributed by atoms with van der Waals surface area (Å²) in [5.74, 6) is 0.306. The van der Waals surface area contributed by atoms with Crippen molar-refractivity contribution >= 4 is 33.0 Å². The van der Waals surface area contributed by atoms with Crippen LogP contribution in [0.25, 0.3) is 0 Å². The van der Waals surface area contributed by atoms with Gasteiger partial charge >= 0.3 is 57.1 Å². The molecule has 2 aromatic rings. The molecule has 2 aromatic carbocycles. The maximum absolute atomic E-state index is 7.50. The second kappa shape index (κ2) is 26.5. The van der Waals surface area contributed by atoms with Gasteiger partial charge in [0, 0.05) is 30.4 Å². The van der Waals surface area contributed by atoms with E-state index < -0.39 is 0 Å². The number of aryl methyl sites for hydroxylation is 3.